The Bertz CT molecular complexity index is 210. The number of quaternary nitrogens is 1. The standard InChI is InChI=1S/C19H42NO.ClH/c1-5-7-9-10-11-12-13-14-15-16-17-20(3,4)19-21-18-8-6-2;/h5-19H2,1-4H3;1H/q+1;/p-1. The minimum Gasteiger partial charge on any atom is -1.00 e. The Morgan fingerprint density at radius 3 is 1.59 bits per heavy atom. The van der Waals surface area contributed by atoms with Gasteiger partial charge in [-0.25, -0.2) is 0 Å². The Labute approximate surface area is 147 Å². The number of rotatable bonds is 16. The van der Waals surface area contributed by atoms with Crippen LogP contribution in [0.2, 0.25) is 0 Å². The third-order valence-electron chi connectivity index (χ3n) is 4.20. The summed E-state index contributed by atoms with van der Waals surface area (Å²) >= 11 is 0. The van der Waals surface area contributed by atoms with Crippen molar-refractivity contribution in [2.24, 2.45) is 0 Å². The maximum Gasteiger partial charge on any atom is 0.182 e. The van der Waals surface area contributed by atoms with Gasteiger partial charge in [-0.3, -0.25) is 0 Å². The van der Waals surface area contributed by atoms with Crippen LogP contribution in [-0.2, 0) is 4.74 Å². The molecule has 0 aliphatic rings. The molecular weight excluding hydrogens is 294 g/mol. The highest BCUT2D eigenvalue weighted by atomic mass is 35.5. The van der Waals surface area contributed by atoms with Gasteiger partial charge in [-0.1, -0.05) is 71.6 Å². The number of hydrogen-bond acceptors (Lipinski definition) is 1. The second-order valence-corrected chi connectivity index (χ2v) is 7.23. The average Bonchev–Trinajstić information content (AvgIpc) is 2.45. The molecule has 3 heteroatoms. The summed E-state index contributed by atoms with van der Waals surface area (Å²) in [4.78, 5) is 0. The lowest BCUT2D eigenvalue weighted by molar-refractivity contribution is -0.909. The van der Waals surface area contributed by atoms with Crippen LogP contribution in [0.3, 0.4) is 0 Å². The predicted molar refractivity (Wildman–Crippen MR) is 94.5 cm³/mol. The highest BCUT2D eigenvalue weighted by molar-refractivity contribution is 4.47. The summed E-state index contributed by atoms with van der Waals surface area (Å²) in [6.07, 6.45) is 16.6. The highest BCUT2D eigenvalue weighted by Gasteiger charge is 2.13. The van der Waals surface area contributed by atoms with Crippen molar-refractivity contribution in [3.05, 3.63) is 0 Å². The van der Waals surface area contributed by atoms with Gasteiger partial charge in [0.15, 0.2) is 6.73 Å². The van der Waals surface area contributed by atoms with E-state index in [1.165, 1.54) is 83.6 Å². The fourth-order valence-electron chi connectivity index (χ4n) is 2.65. The molecule has 0 radical (unpaired) electrons. The van der Waals surface area contributed by atoms with E-state index in [0.29, 0.717) is 0 Å². The van der Waals surface area contributed by atoms with E-state index in [0.717, 1.165) is 17.8 Å². The molecule has 0 bridgehead atoms. The number of nitrogens with zero attached hydrogens (tertiary/aromatic N) is 1. The van der Waals surface area contributed by atoms with Crippen LogP contribution in [0, 0.1) is 0 Å². The van der Waals surface area contributed by atoms with E-state index in [2.05, 4.69) is 27.9 Å². The topological polar surface area (TPSA) is 9.23 Å². The second kappa shape index (κ2) is 17.6. The van der Waals surface area contributed by atoms with Crippen LogP contribution in [0.1, 0.15) is 90.9 Å². The first kappa shape index (κ1) is 24.5. The van der Waals surface area contributed by atoms with Gasteiger partial charge in [-0.05, 0) is 19.3 Å². The van der Waals surface area contributed by atoms with Crippen molar-refractivity contribution in [3.8, 4) is 0 Å². The lowest BCUT2D eigenvalue weighted by Gasteiger charge is -2.29. The van der Waals surface area contributed by atoms with Crippen LogP contribution in [0.4, 0.5) is 0 Å². The molecule has 0 aliphatic carbocycles. The molecule has 0 heterocycles. The first-order valence-corrected chi connectivity index (χ1v) is 9.52. The molecule has 0 amide bonds. The zero-order valence-corrected chi connectivity index (χ0v) is 16.6. The SMILES string of the molecule is CCCCCCCCCCCC[N+](C)(C)COCCCC.[Cl-]. The largest absolute Gasteiger partial charge is 1.00 e. The van der Waals surface area contributed by atoms with Gasteiger partial charge < -0.3 is 21.6 Å². The molecule has 0 spiro atoms. The van der Waals surface area contributed by atoms with Gasteiger partial charge in [0, 0.05) is 0 Å². The number of ether oxygens (including phenoxy) is 1. The van der Waals surface area contributed by atoms with Gasteiger partial charge in [0.1, 0.15) is 0 Å². The van der Waals surface area contributed by atoms with Gasteiger partial charge >= 0.3 is 0 Å². The zero-order chi connectivity index (χ0) is 15.8. The Morgan fingerprint density at radius 1 is 0.636 bits per heavy atom. The highest BCUT2D eigenvalue weighted by Crippen LogP contribution is 2.11. The summed E-state index contributed by atoms with van der Waals surface area (Å²) in [7, 11) is 4.58. The first-order chi connectivity index (χ1) is 10.1. The zero-order valence-electron chi connectivity index (χ0n) is 15.8. The molecule has 0 fully saturated rings. The molecule has 0 aromatic carbocycles. The summed E-state index contributed by atoms with van der Waals surface area (Å²) in [6.45, 7) is 7.55. The van der Waals surface area contributed by atoms with Gasteiger partial charge in [0.05, 0.1) is 27.2 Å². The van der Waals surface area contributed by atoms with Crippen LogP contribution >= 0.6 is 0 Å². The van der Waals surface area contributed by atoms with Crippen molar-refractivity contribution in [3.63, 3.8) is 0 Å². The van der Waals surface area contributed by atoms with Crippen molar-refractivity contribution in [2.75, 3.05) is 34.0 Å². The van der Waals surface area contributed by atoms with Gasteiger partial charge in [0.25, 0.3) is 0 Å². The van der Waals surface area contributed by atoms with Gasteiger partial charge in [-0.15, -0.1) is 0 Å². The quantitative estimate of drug-likeness (QED) is 0.239. The lowest BCUT2D eigenvalue weighted by atomic mass is 10.1. The van der Waals surface area contributed by atoms with Crippen molar-refractivity contribution in [1.29, 1.82) is 0 Å². The molecule has 22 heavy (non-hydrogen) atoms. The van der Waals surface area contributed by atoms with Crippen LogP contribution in [0.15, 0.2) is 0 Å². The molecule has 0 aromatic rings. The van der Waals surface area contributed by atoms with E-state index >= 15 is 0 Å². The maximum atomic E-state index is 5.75. The third kappa shape index (κ3) is 18.3. The molecule has 0 unspecified atom stereocenters. The molecule has 136 valence electrons. The van der Waals surface area contributed by atoms with Crippen molar-refractivity contribution in [1.82, 2.24) is 0 Å². The maximum absolute atomic E-state index is 5.75. The molecule has 0 rings (SSSR count). The fourth-order valence-corrected chi connectivity index (χ4v) is 2.65. The molecule has 0 N–H and O–H groups in total. The van der Waals surface area contributed by atoms with Crippen LogP contribution in [0.5, 0.6) is 0 Å². The van der Waals surface area contributed by atoms with E-state index in [1.807, 2.05) is 0 Å². The van der Waals surface area contributed by atoms with Crippen LogP contribution in [0.25, 0.3) is 0 Å². The lowest BCUT2D eigenvalue weighted by Crippen LogP contribution is -3.00. The molecular formula is C19H42ClNO. The van der Waals surface area contributed by atoms with Crippen molar-refractivity contribution >= 4 is 0 Å². The smallest absolute Gasteiger partial charge is 0.182 e. The Kier molecular flexibility index (Phi) is 19.5. The monoisotopic (exact) mass is 335 g/mol. The number of unbranched alkanes of at least 4 members (excludes halogenated alkanes) is 10. The molecule has 0 saturated heterocycles. The van der Waals surface area contributed by atoms with E-state index in [1.54, 1.807) is 0 Å². The molecule has 0 aromatic heterocycles. The number of hydrogen-bond donors (Lipinski definition) is 0. The Morgan fingerprint density at radius 2 is 1.09 bits per heavy atom. The minimum atomic E-state index is 0. The second-order valence-electron chi connectivity index (χ2n) is 7.23. The summed E-state index contributed by atoms with van der Waals surface area (Å²) < 4.78 is 6.77. The fraction of sp³-hybridized carbons (Fsp3) is 1.00. The van der Waals surface area contributed by atoms with Crippen LogP contribution in [-0.4, -0.2) is 38.5 Å². The predicted octanol–water partition coefficient (Wildman–Crippen LogP) is 2.76. The molecule has 0 aliphatic heterocycles. The van der Waals surface area contributed by atoms with Crippen molar-refractivity contribution < 1.29 is 21.6 Å². The van der Waals surface area contributed by atoms with E-state index in [9.17, 15) is 0 Å². The summed E-state index contributed by atoms with van der Waals surface area (Å²) in [5.74, 6) is 0. The Hall–Kier alpha value is 0.210. The first-order valence-electron chi connectivity index (χ1n) is 9.52. The summed E-state index contributed by atoms with van der Waals surface area (Å²) in [6, 6.07) is 0. The Balaban J connectivity index is 0. The van der Waals surface area contributed by atoms with Crippen LogP contribution < -0.4 is 12.4 Å². The minimum absolute atomic E-state index is 0. The molecule has 2 nitrogen and oxygen atoms in total. The summed E-state index contributed by atoms with van der Waals surface area (Å²) in [5, 5.41) is 0. The van der Waals surface area contributed by atoms with Crippen molar-refractivity contribution in [2.45, 2.75) is 90.9 Å². The van der Waals surface area contributed by atoms with E-state index in [-0.39, 0.29) is 12.4 Å². The van der Waals surface area contributed by atoms with E-state index in [4.69, 9.17) is 4.74 Å². The summed E-state index contributed by atoms with van der Waals surface area (Å²) in [5.41, 5.74) is 0. The number of halogens is 1. The molecule has 0 saturated carbocycles. The van der Waals surface area contributed by atoms with Gasteiger partial charge in [-0.2, -0.15) is 0 Å². The van der Waals surface area contributed by atoms with E-state index < -0.39 is 0 Å². The third-order valence-corrected chi connectivity index (χ3v) is 4.20. The normalized spacial score (nSPS) is 11.5. The average molecular weight is 336 g/mol. The van der Waals surface area contributed by atoms with Gasteiger partial charge in [0.2, 0.25) is 0 Å². The molecule has 0 atom stereocenters.